The summed E-state index contributed by atoms with van der Waals surface area (Å²) in [4.78, 5) is 13.3. The van der Waals surface area contributed by atoms with Crippen molar-refractivity contribution < 1.29 is 6.11 Å². The van der Waals surface area contributed by atoms with Gasteiger partial charge in [-0.3, -0.25) is 0 Å². The summed E-state index contributed by atoms with van der Waals surface area (Å²) < 4.78 is 16.7. The molecule has 0 N–H and O–H groups in total. The Labute approximate surface area is 301 Å². The van der Waals surface area contributed by atoms with E-state index in [-0.39, 0.29) is 5.41 Å². The second-order valence-electron chi connectivity index (χ2n) is 14.1. The molecule has 0 spiro atoms. The van der Waals surface area contributed by atoms with Crippen LogP contribution in [0.5, 0.6) is 11.5 Å². The molecule has 0 unspecified atom stereocenters. The van der Waals surface area contributed by atoms with Crippen LogP contribution in [0.4, 0.5) is 0 Å². The Morgan fingerprint density at radius 3 is 1.90 bits per heavy atom. The van der Waals surface area contributed by atoms with Crippen molar-refractivity contribution in [2.75, 3.05) is 0 Å². The van der Waals surface area contributed by atoms with E-state index in [4.69, 9.17) is 4.74 Å². The van der Waals surface area contributed by atoms with Gasteiger partial charge in [0.1, 0.15) is 24.2 Å². The molecule has 0 bridgehead atoms. The highest BCUT2D eigenvalue weighted by Gasteiger charge is 2.37. The summed E-state index contributed by atoms with van der Waals surface area (Å²) in [5, 5.41) is 0. The number of para-hydroxylation sites is 1. The van der Waals surface area contributed by atoms with Crippen molar-refractivity contribution in [2.45, 2.75) is 50.8 Å². The zero-order valence-electron chi connectivity index (χ0n) is 29.9. The van der Waals surface area contributed by atoms with Crippen molar-refractivity contribution in [3.8, 4) is 67.4 Å². The van der Waals surface area contributed by atoms with E-state index in [1.54, 1.807) is 12.7 Å². The zero-order chi connectivity index (χ0) is 35.3. The number of ether oxygens (including phenoxy) is 1. The Kier molecular flexibility index (Phi) is 7.52. The van der Waals surface area contributed by atoms with Crippen LogP contribution < -0.4 is 4.74 Å². The smallest absolute Gasteiger partial charge is 0.163 e. The molecule has 2 heterocycles. The quantitative estimate of drug-likeness (QED) is 0.178. The number of hydrogen-bond donors (Lipinski definition) is 0. The molecule has 1 fully saturated rings. The first-order chi connectivity index (χ1) is 25.4. The van der Waals surface area contributed by atoms with Gasteiger partial charge in [0.2, 0.25) is 0 Å². The van der Waals surface area contributed by atoms with E-state index in [0.717, 1.165) is 98.4 Å². The first-order valence-electron chi connectivity index (χ1n) is 18.4. The molecule has 0 saturated heterocycles. The minimum atomic E-state index is -0.674. The lowest BCUT2D eigenvalue weighted by molar-refractivity contribution is 0.418. The molecular weight excluding hydrogens is 623 g/mol. The third-order valence-corrected chi connectivity index (χ3v) is 10.7. The summed E-state index contributed by atoms with van der Waals surface area (Å²) in [6.07, 6.45) is 6.92. The van der Waals surface area contributed by atoms with Gasteiger partial charge in [0.05, 0.1) is 0 Å². The fourth-order valence-electron chi connectivity index (χ4n) is 8.12. The van der Waals surface area contributed by atoms with Crippen LogP contribution >= 0.6 is 0 Å². The van der Waals surface area contributed by atoms with Gasteiger partial charge in [-0.25, -0.2) is 15.0 Å². The average molecular weight is 663 g/mol. The predicted octanol–water partition coefficient (Wildman–Crippen LogP) is 12.3. The number of benzene rings is 6. The Morgan fingerprint density at radius 2 is 1.18 bits per heavy atom. The van der Waals surface area contributed by atoms with Gasteiger partial charge in [-0.15, -0.1) is 0 Å². The van der Waals surface area contributed by atoms with E-state index in [2.05, 4.69) is 150 Å². The summed E-state index contributed by atoms with van der Waals surface area (Å²) in [7, 11) is 0. The Hall–Kier alpha value is -5.87. The molecule has 1 aromatic heterocycles. The number of aromatic nitrogens is 3. The van der Waals surface area contributed by atoms with Crippen LogP contribution in [0.2, 0.25) is 0 Å². The second kappa shape index (κ2) is 12.8. The lowest BCUT2D eigenvalue weighted by Gasteiger charge is -2.36. The fraction of sp³-hybridized carbons (Fsp3) is 0.170. The molecule has 6 aromatic carbocycles. The summed E-state index contributed by atoms with van der Waals surface area (Å²) >= 11 is 0. The standard InChI is InChI=1S/C47H39N3O/c1-47(2)41-22-11-12-23-43(41)51-45-42(47)25-24-36(31-18-9-10-19-31)44(45)35-21-13-20-34(26-35)39-27-38(33-16-7-4-8-17-33)40(46-49-29-48-30-50-46)28-37(39)32-14-5-3-6-15-32/h3-8,11-17,20-31H,9-10,18-19H2,1-2H3/i31D. The lowest BCUT2D eigenvalue weighted by Crippen LogP contribution is -2.25. The first-order valence-corrected chi connectivity index (χ1v) is 17.9. The normalized spacial score (nSPS) is 15.7. The van der Waals surface area contributed by atoms with Gasteiger partial charge < -0.3 is 4.74 Å². The number of hydrogen-bond acceptors (Lipinski definition) is 4. The lowest BCUT2D eigenvalue weighted by atomic mass is 9.73. The molecule has 4 nitrogen and oxygen atoms in total. The van der Waals surface area contributed by atoms with Gasteiger partial charge in [-0.05, 0) is 87.5 Å². The molecule has 51 heavy (non-hydrogen) atoms. The third kappa shape index (κ3) is 5.52. The van der Waals surface area contributed by atoms with Gasteiger partial charge in [0.15, 0.2) is 5.82 Å². The molecule has 248 valence electrons. The van der Waals surface area contributed by atoms with Gasteiger partial charge in [-0.2, -0.15) is 0 Å². The highest BCUT2D eigenvalue weighted by Crippen LogP contribution is 2.54. The van der Waals surface area contributed by atoms with E-state index < -0.39 is 5.89 Å². The molecule has 0 atom stereocenters. The predicted molar refractivity (Wildman–Crippen MR) is 207 cm³/mol. The summed E-state index contributed by atoms with van der Waals surface area (Å²) in [5.74, 6) is 1.71. The third-order valence-electron chi connectivity index (χ3n) is 10.7. The van der Waals surface area contributed by atoms with Crippen molar-refractivity contribution in [1.29, 1.82) is 0 Å². The fourth-order valence-corrected chi connectivity index (χ4v) is 8.12. The number of nitrogens with zero attached hydrogens (tertiary/aromatic N) is 3. The SMILES string of the molecule is [2H]C1(c2ccc3c(c2-c2cccc(-c4cc(-c5ccccc5)c(-c5ncncn5)cc4-c4ccccc4)c2)Oc2ccccc2C3(C)C)CCCC1. The zero-order valence-corrected chi connectivity index (χ0v) is 28.9. The second-order valence-corrected chi connectivity index (χ2v) is 14.1. The van der Waals surface area contributed by atoms with Crippen molar-refractivity contribution in [3.05, 3.63) is 163 Å². The van der Waals surface area contributed by atoms with Crippen LogP contribution in [0, 0.1) is 0 Å². The van der Waals surface area contributed by atoms with Crippen LogP contribution in [0.15, 0.2) is 146 Å². The molecule has 1 aliphatic carbocycles. The molecule has 4 heteroatoms. The molecule has 9 rings (SSSR count). The molecule has 0 radical (unpaired) electrons. The number of rotatable bonds is 6. The van der Waals surface area contributed by atoms with E-state index in [0.29, 0.717) is 5.82 Å². The van der Waals surface area contributed by atoms with Crippen LogP contribution in [-0.2, 0) is 5.41 Å². The molecule has 1 aliphatic heterocycles. The van der Waals surface area contributed by atoms with E-state index in [9.17, 15) is 1.37 Å². The van der Waals surface area contributed by atoms with Crippen LogP contribution in [-0.4, -0.2) is 15.0 Å². The van der Waals surface area contributed by atoms with Gasteiger partial charge in [-0.1, -0.05) is 136 Å². The molecule has 2 aliphatic rings. The topological polar surface area (TPSA) is 47.9 Å². The summed E-state index contributed by atoms with van der Waals surface area (Å²) in [6.45, 7) is 4.56. The summed E-state index contributed by atoms with van der Waals surface area (Å²) in [6, 6.07) is 47.2. The maximum Gasteiger partial charge on any atom is 0.163 e. The molecule has 0 amide bonds. The van der Waals surface area contributed by atoms with E-state index >= 15 is 0 Å². The van der Waals surface area contributed by atoms with Gasteiger partial charge >= 0.3 is 0 Å². The minimum Gasteiger partial charge on any atom is -0.456 e. The first kappa shape index (κ1) is 30.0. The maximum absolute atomic E-state index is 9.79. The molecular formula is C47H39N3O. The Morgan fingerprint density at radius 1 is 0.588 bits per heavy atom. The maximum atomic E-state index is 9.79. The van der Waals surface area contributed by atoms with E-state index in [1.807, 2.05) is 12.1 Å². The van der Waals surface area contributed by atoms with Crippen LogP contribution in [0.25, 0.3) is 55.9 Å². The minimum absolute atomic E-state index is 0.268. The Balaban J connectivity index is 1.30. The average Bonchev–Trinajstić information content (AvgIpc) is 3.65. The summed E-state index contributed by atoms with van der Waals surface area (Å²) in [5.41, 5.74) is 12.6. The largest absolute Gasteiger partial charge is 0.456 e. The van der Waals surface area contributed by atoms with Crippen molar-refractivity contribution in [2.24, 2.45) is 0 Å². The Bertz CT molecular complexity index is 2420. The monoisotopic (exact) mass is 662 g/mol. The van der Waals surface area contributed by atoms with Crippen LogP contribution in [0.3, 0.4) is 0 Å². The van der Waals surface area contributed by atoms with Gasteiger partial charge in [0.25, 0.3) is 0 Å². The van der Waals surface area contributed by atoms with E-state index in [1.165, 1.54) is 5.56 Å². The van der Waals surface area contributed by atoms with Crippen molar-refractivity contribution in [3.63, 3.8) is 0 Å². The van der Waals surface area contributed by atoms with Gasteiger partial charge in [0, 0.05) is 29.0 Å². The highest BCUT2D eigenvalue weighted by atomic mass is 16.5. The van der Waals surface area contributed by atoms with Crippen LogP contribution in [0.1, 0.15) is 63.5 Å². The molecule has 1 saturated carbocycles. The van der Waals surface area contributed by atoms with Crippen molar-refractivity contribution in [1.82, 2.24) is 15.0 Å². The van der Waals surface area contributed by atoms with Crippen molar-refractivity contribution >= 4 is 0 Å². The number of fused-ring (bicyclic) bond motifs is 2. The highest BCUT2D eigenvalue weighted by molar-refractivity contribution is 5.95. The molecule has 7 aromatic rings.